The standard InChI is InChI=1S/C11H13ClN2S/c1-3-6-13-7-9(2)15-11-5-4-10(12)8-14-11/h1,4-5,8-9,13H,6-7H2,2H3. The number of hydrogen-bond acceptors (Lipinski definition) is 3. The van der Waals surface area contributed by atoms with Crippen LogP contribution < -0.4 is 5.32 Å². The van der Waals surface area contributed by atoms with Crippen LogP contribution in [0.5, 0.6) is 0 Å². The molecular formula is C11H13ClN2S. The second-order valence-electron chi connectivity index (χ2n) is 3.08. The minimum Gasteiger partial charge on any atom is -0.305 e. The summed E-state index contributed by atoms with van der Waals surface area (Å²) in [6.07, 6.45) is 6.80. The molecule has 0 spiro atoms. The molecule has 15 heavy (non-hydrogen) atoms. The van der Waals surface area contributed by atoms with Crippen LogP contribution >= 0.6 is 23.4 Å². The molecule has 2 nitrogen and oxygen atoms in total. The number of rotatable bonds is 5. The van der Waals surface area contributed by atoms with E-state index < -0.39 is 0 Å². The third-order valence-corrected chi connectivity index (χ3v) is 2.96. The van der Waals surface area contributed by atoms with Gasteiger partial charge in [-0.2, -0.15) is 0 Å². The van der Waals surface area contributed by atoms with Gasteiger partial charge in [0.2, 0.25) is 0 Å². The number of thioether (sulfide) groups is 1. The Hall–Kier alpha value is -0.690. The molecule has 80 valence electrons. The average molecular weight is 241 g/mol. The van der Waals surface area contributed by atoms with Gasteiger partial charge in [-0.15, -0.1) is 18.2 Å². The van der Waals surface area contributed by atoms with E-state index in [0.717, 1.165) is 11.6 Å². The highest BCUT2D eigenvalue weighted by Gasteiger charge is 2.04. The first-order valence-electron chi connectivity index (χ1n) is 4.64. The van der Waals surface area contributed by atoms with Gasteiger partial charge in [-0.05, 0) is 12.1 Å². The van der Waals surface area contributed by atoms with Crippen LogP contribution in [0.15, 0.2) is 23.4 Å². The van der Waals surface area contributed by atoms with Gasteiger partial charge < -0.3 is 5.32 Å². The summed E-state index contributed by atoms with van der Waals surface area (Å²) in [7, 11) is 0. The van der Waals surface area contributed by atoms with Crippen molar-refractivity contribution in [2.24, 2.45) is 0 Å². The van der Waals surface area contributed by atoms with Crippen LogP contribution in [0.1, 0.15) is 6.92 Å². The van der Waals surface area contributed by atoms with Gasteiger partial charge in [-0.3, -0.25) is 0 Å². The number of pyridine rings is 1. The van der Waals surface area contributed by atoms with E-state index in [1.807, 2.05) is 12.1 Å². The van der Waals surface area contributed by atoms with Crippen LogP contribution in [0.4, 0.5) is 0 Å². The van der Waals surface area contributed by atoms with Gasteiger partial charge in [0.15, 0.2) is 0 Å². The highest BCUT2D eigenvalue weighted by molar-refractivity contribution is 7.99. The Balaban J connectivity index is 2.34. The van der Waals surface area contributed by atoms with Crippen molar-refractivity contribution in [1.29, 1.82) is 0 Å². The van der Waals surface area contributed by atoms with E-state index in [-0.39, 0.29) is 0 Å². The molecule has 0 amide bonds. The minimum atomic E-state index is 0.437. The predicted octanol–water partition coefficient (Wildman–Crippen LogP) is 2.44. The van der Waals surface area contributed by atoms with E-state index in [4.69, 9.17) is 18.0 Å². The Labute approximate surface area is 99.8 Å². The minimum absolute atomic E-state index is 0.437. The summed E-state index contributed by atoms with van der Waals surface area (Å²) >= 11 is 7.45. The maximum atomic E-state index is 5.74. The summed E-state index contributed by atoms with van der Waals surface area (Å²) in [5.41, 5.74) is 0. The average Bonchev–Trinajstić information content (AvgIpc) is 2.22. The molecule has 0 aliphatic heterocycles. The lowest BCUT2D eigenvalue weighted by molar-refractivity contribution is 0.747. The van der Waals surface area contributed by atoms with Crippen molar-refractivity contribution in [3.63, 3.8) is 0 Å². The molecule has 0 saturated carbocycles. The van der Waals surface area contributed by atoms with Crippen molar-refractivity contribution in [2.45, 2.75) is 17.2 Å². The summed E-state index contributed by atoms with van der Waals surface area (Å²) in [5.74, 6) is 2.54. The molecule has 0 aliphatic rings. The van der Waals surface area contributed by atoms with Gasteiger partial charge >= 0.3 is 0 Å². The lowest BCUT2D eigenvalue weighted by Crippen LogP contribution is -2.22. The summed E-state index contributed by atoms with van der Waals surface area (Å²) in [5, 5.41) is 5.24. The van der Waals surface area contributed by atoms with E-state index in [1.165, 1.54) is 0 Å². The molecule has 1 unspecified atom stereocenters. The van der Waals surface area contributed by atoms with Gasteiger partial charge in [-0.25, -0.2) is 4.98 Å². The third-order valence-electron chi connectivity index (χ3n) is 1.68. The van der Waals surface area contributed by atoms with Gasteiger partial charge in [0.1, 0.15) is 0 Å². The zero-order valence-corrected chi connectivity index (χ0v) is 10.1. The second kappa shape index (κ2) is 6.73. The Kier molecular flexibility index (Phi) is 5.56. The Bertz CT molecular complexity index is 331. The quantitative estimate of drug-likeness (QED) is 0.486. The van der Waals surface area contributed by atoms with Crippen molar-refractivity contribution in [1.82, 2.24) is 10.3 Å². The Morgan fingerprint density at radius 3 is 3.07 bits per heavy atom. The molecule has 1 aromatic heterocycles. The molecular weight excluding hydrogens is 228 g/mol. The fourth-order valence-electron chi connectivity index (χ4n) is 1.03. The highest BCUT2D eigenvalue weighted by Crippen LogP contribution is 2.21. The van der Waals surface area contributed by atoms with Gasteiger partial charge in [0, 0.05) is 18.0 Å². The predicted molar refractivity (Wildman–Crippen MR) is 66.3 cm³/mol. The molecule has 1 atom stereocenters. The summed E-state index contributed by atoms with van der Waals surface area (Å²) in [4.78, 5) is 4.21. The lowest BCUT2D eigenvalue weighted by atomic mass is 10.4. The first kappa shape index (κ1) is 12.4. The fourth-order valence-corrected chi connectivity index (χ4v) is 2.01. The van der Waals surface area contributed by atoms with Gasteiger partial charge in [0.25, 0.3) is 0 Å². The van der Waals surface area contributed by atoms with E-state index in [2.05, 4.69) is 23.1 Å². The van der Waals surface area contributed by atoms with Crippen LogP contribution in [-0.4, -0.2) is 23.3 Å². The van der Waals surface area contributed by atoms with Crippen LogP contribution in [0.25, 0.3) is 0 Å². The molecule has 0 radical (unpaired) electrons. The van der Waals surface area contributed by atoms with E-state index in [9.17, 15) is 0 Å². The van der Waals surface area contributed by atoms with Crippen molar-refractivity contribution in [3.05, 3.63) is 23.4 Å². The fraction of sp³-hybridized carbons (Fsp3) is 0.364. The molecule has 1 heterocycles. The molecule has 0 aliphatic carbocycles. The molecule has 0 bridgehead atoms. The Morgan fingerprint density at radius 1 is 1.67 bits per heavy atom. The van der Waals surface area contributed by atoms with E-state index >= 15 is 0 Å². The SMILES string of the molecule is C#CCNCC(C)Sc1ccc(Cl)cn1. The van der Waals surface area contributed by atoms with Gasteiger partial charge in [-0.1, -0.05) is 24.4 Å². The van der Waals surface area contributed by atoms with Crippen molar-refractivity contribution >= 4 is 23.4 Å². The largest absolute Gasteiger partial charge is 0.305 e. The van der Waals surface area contributed by atoms with Crippen LogP contribution in [0.2, 0.25) is 5.02 Å². The topological polar surface area (TPSA) is 24.9 Å². The molecule has 4 heteroatoms. The first-order valence-corrected chi connectivity index (χ1v) is 5.90. The molecule has 1 rings (SSSR count). The highest BCUT2D eigenvalue weighted by atomic mass is 35.5. The summed E-state index contributed by atoms with van der Waals surface area (Å²) in [6.45, 7) is 3.61. The number of aromatic nitrogens is 1. The molecule has 0 fully saturated rings. The maximum Gasteiger partial charge on any atom is 0.0964 e. The molecule has 1 N–H and O–H groups in total. The van der Waals surface area contributed by atoms with Crippen molar-refractivity contribution < 1.29 is 0 Å². The number of nitrogens with one attached hydrogen (secondary N) is 1. The summed E-state index contributed by atoms with van der Waals surface area (Å²) < 4.78 is 0. The van der Waals surface area contributed by atoms with Crippen molar-refractivity contribution in [3.8, 4) is 12.3 Å². The third kappa shape index (κ3) is 5.08. The number of nitrogens with zero attached hydrogens (tertiary/aromatic N) is 1. The maximum absolute atomic E-state index is 5.74. The second-order valence-corrected chi connectivity index (χ2v) is 4.97. The van der Waals surface area contributed by atoms with Crippen LogP contribution in [-0.2, 0) is 0 Å². The van der Waals surface area contributed by atoms with Crippen LogP contribution in [0.3, 0.4) is 0 Å². The number of halogens is 1. The lowest BCUT2D eigenvalue weighted by Gasteiger charge is -2.10. The summed E-state index contributed by atoms with van der Waals surface area (Å²) in [6, 6.07) is 3.77. The Morgan fingerprint density at radius 2 is 2.47 bits per heavy atom. The molecule has 0 aromatic carbocycles. The van der Waals surface area contributed by atoms with E-state index in [0.29, 0.717) is 16.8 Å². The monoisotopic (exact) mass is 240 g/mol. The smallest absolute Gasteiger partial charge is 0.0964 e. The van der Waals surface area contributed by atoms with Crippen molar-refractivity contribution in [2.75, 3.05) is 13.1 Å². The molecule has 0 saturated heterocycles. The number of terminal acetylenes is 1. The zero-order valence-electron chi connectivity index (χ0n) is 8.53. The number of hydrogen-bond donors (Lipinski definition) is 1. The zero-order chi connectivity index (χ0) is 11.1. The normalized spacial score (nSPS) is 12.1. The van der Waals surface area contributed by atoms with Crippen LogP contribution in [0, 0.1) is 12.3 Å². The molecule has 1 aromatic rings. The first-order chi connectivity index (χ1) is 7.22. The van der Waals surface area contributed by atoms with Gasteiger partial charge in [0.05, 0.1) is 16.6 Å². The van der Waals surface area contributed by atoms with E-state index in [1.54, 1.807) is 18.0 Å².